The number of carbonyl (C=O) groups excluding carboxylic acids is 2. The molecule has 0 bridgehead atoms. The molecule has 2 aromatic carbocycles. The summed E-state index contributed by atoms with van der Waals surface area (Å²) in [6, 6.07) is 11.3. The van der Waals surface area contributed by atoms with Crippen molar-refractivity contribution in [2.45, 2.75) is 58.3 Å². The Balaban J connectivity index is 1.58. The number of nitro groups is 1. The van der Waals surface area contributed by atoms with Crippen molar-refractivity contribution in [2.75, 3.05) is 62.7 Å². The van der Waals surface area contributed by atoms with E-state index in [0.29, 0.717) is 45.6 Å². The van der Waals surface area contributed by atoms with Crippen LogP contribution in [0.25, 0.3) is 0 Å². The molecule has 2 aliphatic rings. The van der Waals surface area contributed by atoms with Crippen LogP contribution in [0.5, 0.6) is 0 Å². The molecule has 2 heterocycles. The average Bonchev–Trinajstić information content (AvgIpc) is 3.09. The molecule has 2 atom stereocenters. The van der Waals surface area contributed by atoms with Crippen molar-refractivity contribution >= 4 is 45.1 Å². The van der Waals surface area contributed by atoms with Crippen molar-refractivity contribution < 1.29 is 22.9 Å². The molecule has 2 fully saturated rings. The van der Waals surface area contributed by atoms with Crippen LogP contribution in [-0.2, 0) is 19.6 Å². The summed E-state index contributed by atoms with van der Waals surface area (Å²) in [5, 5.41) is 16.0. The fourth-order valence-corrected chi connectivity index (χ4v) is 8.16. The number of hydrazone groups is 1. The first-order valence-corrected chi connectivity index (χ1v) is 18.0. The fourth-order valence-electron chi connectivity index (χ4n) is 6.47. The summed E-state index contributed by atoms with van der Waals surface area (Å²) in [7, 11) is -4.22. The second kappa shape index (κ2) is 16.2. The van der Waals surface area contributed by atoms with Crippen molar-refractivity contribution in [3.63, 3.8) is 0 Å². The zero-order valence-corrected chi connectivity index (χ0v) is 28.6. The molecule has 2 aliphatic heterocycles. The van der Waals surface area contributed by atoms with Gasteiger partial charge in [0, 0.05) is 75.7 Å². The lowest BCUT2D eigenvalue weighted by Crippen LogP contribution is -2.46. The lowest BCUT2D eigenvalue weighted by molar-refractivity contribution is -0.385. The number of para-hydroxylation sites is 1. The zero-order chi connectivity index (χ0) is 34.1. The maximum Gasteiger partial charge on any atom is 0.270 e. The van der Waals surface area contributed by atoms with Gasteiger partial charge >= 0.3 is 0 Å². The van der Waals surface area contributed by atoms with Gasteiger partial charge in [0.15, 0.2) is 0 Å². The van der Waals surface area contributed by atoms with Crippen molar-refractivity contribution in [1.29, 1.82) is 0 Å². The van der Waals surface area contributed by atoms with E-state index in [1.54, 1.807) is 11.1 Å². The Morgan fingerprint density at radius 1 is 0.936 bits per heavy atom. The number of carbonyl (C=O) groups is 2. The van der Waals surface area contributed by atoms with Gasteiger partial charge in [0.2, 0.25) is 21.8 Å². The molecule has 256 valence electrons. The Bertz CT molecular complexity index is 1560. The summed E-state index contributed by atoms with van der Waals surface area (Å²) >= 11 is 0. The summed E-state index contributed by atoms with van der Waals surface area (Å²) < 4.78 is 29.2. The molecule has 2 saturated heterocycles. The number of sulfonamides is 1. The number of anilines is 2. The number of amides is 2. The maximum atomic E-state index is 14.0. The van der Waals surface area contributed by atoms with E-state index in [1.165, 1.54) is 16.4 Å². The Labute approximate surface area is 277 Å². The molecule has 1 N–H and O–H groups in total. The molecule has 0 radical (unpaired) electrons. The van der Waals surface area contributed by atoms with Gasteiger partial charge in [0.1, 0.15) is 4.90 Å². The van der Waals surface area contributed by atoms with Crippen LogP contribution < -0.4 is 10.3 Å². The lowest BCUT2D eigenvalue weighted by Gasteiger charge is -2.36. The van der Waals surface area contributed by atoms with E-state index >= 15 is 0 Å². The van der Waals surface area contributed by atoms with E-state index in [1.807, 2.05) is 56.9 Å². The molecule has 0 aromatic heterocycles. The number of hydrogen-bond acceptors (Lipinski definition) is 9. The van der Waals surface area contributed by atoms with Crippen LogP contribution in [0.15, 0.2) is 52.5 Å². The molecule has 4 rings (SSSR count). The summed E-state index contributed by atoms with van der Waals surface area (Å²) in [6.45, 7) is 11.7. The number of nitrogens with zero attached hydrogens (tertiary/aromatic N) is 6. The third-order valence-corrected chi connectivity index (χ3v) is 11.0. The van der Waals surface area contributed by atoms with Gasteiger partial charge in [0.05, 0.1) is 28.7 Å². The molecule has 0 unspecified atom stereocenters. The molecule has 2 aromatic rings. The van der Waals surface area contributed by atoms with Crippen LogP contribution in [0, 0.1) is 22.0 Å². The number of nitro benzene ring substituents is 1. The number of rotatable bonds is 13. The van der Waals surface area contributed by atoms with E-state index in [9.17, 15) is 28.1 Å². The van der Waals surface area contributed by atoms with Gasteiger partial charge < -0.3 is 14.7 Å². The number of piperidine rings is 2. The summed E-state index contributed by atoms with van der Waals surface area (Å²) in [6.07, 6.45) is 4.38. The standard InChI is InChI=1S/C33H47N7O6S/c1-5-36(6-2)32(41)26-14-11-19-38(23-26)30-16-10-9-13-25(30)22-34-35-29-18-17-28(40(43)44)21-31(29)47(45,46)39-20-12-15-27(24-39)33(42)37(7-3)8-4/h9-10,13,16-18,21-22,26-27,35H,5-8,11-12,14-15,19-20,23-24H2,1-4H3/b34-22-/t26-,27+/m0/s1. The minimum absolute atomic E-state index is 0.00401. The highest BCUT2D eigenvalue weighted by Gasteiger charge is 2.36. The van der Waals surface area contributed by atoms with E-state index in [4.69, 9.17) is 0 Å². The minimum atomic E-state index is -4.22. The Kier molecular flexibility index (Phi) is 12.3. The van der Waals surface area contributed by atoms with E-state index in [-0.39, 0.29) is 47.1 Å². The quantitative estimate of drug-likeness (QED) is 0.188. The van der Waals surface area contributed by atoms with Gasteiger partial charge in [-0.3, -0.25) is 25.1 Å². The number of nitrogens with one attached hydrogen (secondary N) is 1. The first-order valence-electron chi connectivity index (χ1n) is 16.5. The predicted octanol–water partition coefficient (Wildman–Crippen LogP) is 4.39. The Morgan fingerprint density at radius 2 is 1.53 bits per heavy atom. The van der Waals surface area contributed by atoms with Gasteiger partial charge in [-0.1, -0.05) is 18.2 Å². The van der Waals surface area contributed by atoms with Crippen LogP contribution in [0.1, 0.15) is 58.9 Å². The second-order valence-corrected chi connectivity index (χ2v) is 13.8. The Morgan fingerprint density at radius 3 is 2.15 bits per heavy atom. The molecule has 14 heteroatoms. The molecule has 2 amide bonds. The third-order valence-electron chi connectivity index (χ3n) is 9.11. The summed E-state index contributed by atoms with van der Waals surface area (Å²) in [5.74, 6) is -0.513. The van der Waals surface area contributed by atoms with E-state index in [2.05, 4.69) is 15.4 Å². The van der Waals surface area contributed by atoms with Crippen LogP contribution in [0.3, 0.4) is 0 Å². The lowest BCUT2D eigenvalue weighted by atomic mass is 9.95. The van der Waals surface area contributed by atoms with Crippen molar-refractivity contribution in [2.24, 2.45) is 16.9 Å². The van der Waals surface area contributed by atoms with Gasteiger partial charge in [-0.05, 0) is 65.5 Å². The molecule has 0 saturated carbocycles. The topological polar surface area (TPSA) is 149 Å². The first-order chi connectivity index (χ1) is 22.5. The molecule has 47 heavy (non-hydrogen) atoms. The van der Waals surface area contributed by atoms with Crippen molar-refractivity contribution in [1.82, 2.24) is 14.1 Å². The second-order valence-electron chi connectivity index (χ2n) is 11.9. The molecular weight excluding hydrogens is 622 g/mol. The minimum Gasteiger partial charge on any atom is -0.370 e. The summed E-state index contributed by atoms with van der Waals surface area (Å²) in [4.78, 5) is 42.6. The highest BCUT2D eigenvalue weighted by molar-refractivity contribution is 7.89. The normalized spacial score (nSPS) is 19.0. The van der Waals surface area contributed by atoms with Gasteiger partial charge in [-0.25, -0.2) is 8.42 Å². The monoisotopic (exact) mass is 669 g/mol. The van der Waals surface area contributed by atoms with Crippen molar-refractivity contribution in [3.05, 3.63) is 58.1 Å². The van der Waals surface area contributed by atoms with E-state index in [0.717, 1.165) is 36.7 Å². The fraction of sp³-hybridized carbons (Fsp3) is 0.545. The Hall–Kier alpha value is -4.04. The van der Waals surface area contributed by atoms with E-state index < -0.39 is 20.9 Å². The highest BCUT2D eigenvalue weighted by Crippen LogP contribution is 2.32. The average molecular weight is 670 g/mol. The summed E-state index contributed by atoms with van der Waals surface area (Å²) in [5.41, 5.74) is 4.22. The van der Waals surface area contributed by atoms with Gasteiger partial charge in [-0.15, -0.1) is 0 Å². The van der Waals surface area contributed by atoms with Crippen LogP contribution in [-0.4, -0.2) is 97.8 Å². The number of non-ortho nitro benzene ring substituents is 1. The largest absolute Gasteiger partial charge is 0.370 e. The first kappa shape index (κ1) is 35.8. The zero-order valence-electron chi connectivity index (χ0n) is 27.8. The molecule has 0 aliphatic carbocycles. The number of benzene rings is 2. The van der Waals surface area contributed by atoms with Gasteiger partial charge in [0.25, 0.3) is 5.69 Å². The molecule has 13 nitrogen and oxygen atoms in total. The number of hydrogen-bond donors (Lipinski definition) is 1. The maximum absolute atomic E-state index is 14.0. The van der Waals surface area contributed by atoms with Crippen molar-refractivity contribution in [3.8, 4) is 0 Å². The SMILES string of the molecule is CCN(CC)C(=O)[C@@H]1CCCN(S(=O)(=O)c2cc([N+](=O)[O-])ccc2N/N=C\c2ccccc2N2CCC[C@H](C(=O)N(CC)CC)C2)C1. The van der Waals surface area contributed by atoms with Crippen LogP contribution in [0.4, 0.5) is 17.1 Å². The van der Waals surface area contributed by atoms with Crippen LogP contribution in [0.2, 0.25) is 0 Å². The predicted molar refractivity (Wildman–Crippen MR) is 183 cm³/mol. The smallest absolute Gasteiger partial charge is 0.270 e. The highest BCUT2D eigenvalue weighted by atomic mass is 32.2. The van der Waals surface area contributed by atoms with Gasteiger partial charge in [-0.2, -0.15) is 9.41 Å². The molecule has 0 spiro atoms. The molecular formula is C33H47N7O6S. The third kappa shape index (κ3) is 8.28. The van der Waals surface area contributed by atoms with Crippen LogP contribution >= 0.6 is 0 Å².